The number of carbonyl (C=O) groups excluding carboxylic acids is 1. The maximum atomic E-state index is 12.3. The number of rotatable bonds is 2. The number of carbonyl (C=O) groups is 1. The van der Waals surface area contributed by atoms with Crippen molar-refractivity contribution in [2.45, 2.75) is 19.9 Å². The molecule has 5 heteroatoms. The van der Waals surface area contributed by atoms with E-state index >= 15 is 0 Å². The summed E-state index contributed by atoms with van der Waals surface area (Å²) in [5, 5.41) is 18.7. The molecule has 0 saturated carbocycles. The molecule has 1 saturated heterocycles. The standard InChI is InChI=1S/C14H20N2O3/c1-10(2)15-5-7-16(8-6-15)14(19)11-3-4-12(17)13(18)9-11/h3-4,9-10,17-18H,5-8H2,1-2H3. The third-order valence-electron chi connectivity index (χ3n) is 3.55. The molecule has 19 heavy (non-hydrogen) atoms. The van der Waals surface area contributed by atoms with Gasteiger partial charge in [0.2, 0.25) is 0 Å². The van der Waals surface area contributed by atoms with Crippen molar-refractivity contribution in [2.75, 3.05) is 26.2 Å². The Morgan fingerprint density at radius 2 is 1.74 bits per heavy atom. The van der Waals surface area contributed by atoms with Crippen molar-refractivity contribution in [1.29, 1.82) is 0 Å². The minimum Gasteiger partial charge on any atom is -0.504 e. The van der Waals surface area contributed by atoms with Crippen LogP contribution in [0.2, 0.25) is 0 Å². The minimum atomic E-state index is -0.258. The highest BCUT2D eigenvalue weighted by Gasteiger charge is 2.23. The third kappa shape index (κ3) is 2.98. The lowest BCUT2D eigenvalue weighted by Crippen LogP contribution is -2.50. The molecule has 0 unspecified atom stereocenters. The summed E-state index contributed by atoms with van der Waals surface area (Å²) in [7, 11) is 0. The van der Waals surface area contributed by atoms with E-state index in [4.69, 9.17) is 0 Å². The third-order valence-corrected chi connectivity index (χ3v) is 3.55. The SMILES string of the molecule is CC(C)N1CCN(C(=O)c2ccc(O)c(O)c2)CC1. The summed E-state index contributed by atoms with van der Waals surface area (Å²) in [6, 6.07) is 4.68. The highest BCUT2D eigenvalue weighted by atomic mass is 16.3. The maximum absolute atomic E-state index is 12.3. The van der Waals surface area contributed by atoms with Gasteiger partial charge in [-0.25, -0.2) is 0 Å². The lowest BCUT2D eigenvalue weighted by Gasteiger charge is -2.37. The van der Waals surface area contributed by atoms with Gasteiger partial charge in [-0.1, -0.05) is 0 Å². The number of amides is 1. The summed E-state index contributed by atoms with van der Waals surface area (Å²) < 4.78 is 0. The van der Waals surface area contributed by atoms with Crippen LogP contribution in [0.4, 0.5) is 0 Å². The molecule has 1 amide bonds. The van der Waals surface area contributed by atoms with E-state index in [1.165, 1.54) is 18.2 Å². The Kier molecular flexibility index (Phi) is 3.95. The first-order valence-corrected chi connectivity index (χ1v) is 6.54. The molecular weight excluding hydrogens is 244 g/mol. The van der Waals surface area contributed by atoms with Crippen LogP contribution >= 0.6 is 0 Å². The number of hydrogen-bond acceptors (Lipinski definition) is 4. The molecule has 1 aromatic carbocycles. The number of benzene rings is 1. The van der Waals surface area contributed by atoms with Gasteiger partial charge in [0.15, 0.2) is 11.5 Å². The van der Waals surface area contributed by atoms with Crippen LogP contribution < -0.4 is 0 Å². The summed E-state index contributed by atoms with van der Waals surface area (Å²) in [6.07, 6.45) is 0. The van der Waals surface area contributed by atoms with Gasteiger partial charge in [0, 0.05) is 37.8 Å². The maximum Gasteiger partial charge on any atom is 0.254 e. The second-order valence-corrected chi connectivity index (χ2v) is 5.13. The zero-order valence-electron chi connectivity index (χ0n) is 11.3. The number of phenols is 2. The molecule has 104 valence electrons. The van der Waals surface area contributed by atoms with Gasteiger partial charge in [0.25, 0.3) is 5.91 Å². The molecule has 1 aromatic rings. The summed E-state index contributed by atoms with van der Waals surface area (Å²) in [5.41, 5.74) is 0.410. The van der Waals surface area contributed by atoms with Crippen LogP contribution in [0.25, 0.3) is 0 Å². The van der Waals surface area contributed by atoms with Crippen LogP contribution in [0.5, 0.6) is 11.5 Å². The molecule has 0 spiro atoms. The van der Waals surface area contributed by atoms with Crippen molar-refractivity contribution in [1.82, 2.24) is 9.80 Å². The van der Waals surface area contributed by atoms with E-state index in [1.54, 1.807) is 4.90 Å². The van der Waals surface area contributed by atoms with Gasteiger partial charge in [0.1, 0.15) is 0 Å². The van der Waals surface area contributed by atoms with E-state index in [9.17, 15) is 15.0 Å². The van der Waals surface area contributed by atoms with Crippen molar-refractivity contribution in [3.8, 4) is 11.5 Å². The van der Waals surface area contributed by atoms with Gasteiger partial charge in [-0.05, 0) is 32.0 Å². The smallest absolute Gasteiger partial charge is 0.254 e. The molecule has 1 fully saturated rings. The van der Waals surface area contributed by atoms with Crippen molar-refractivity contribution in [2.24, 2.45) is 0 Å². The van der Waals surface area contributed by atoms with Gasteiger partial charge in [-0.2, -0.15) is 0 Å². The van der Waals surface area contributed by atoms with E-state index in [-0.39, 0.29) is 17.4 Å². The van der Waals surface area contributed by atoms with Crippen LogP contribution in [0, 0.1) is 0 Å². The van der Waals surface area contributed by atoms with Crippen molar-refractivity contribution in [3.05, 3.63) is 23.8 Å². The van der Waals surface area contributed by atoms with Crippen molar-refractivity contribution >= 4 is 5.91 Å². The molecule has 1 aliphatic rings. The van der Waals surface area contributed by atoms with Crippen LogP contribution in [0.15, 0.2) is 18.2 Å². The summed E-state index contributed by atoms with van der Waals surface area (Å²) >= 11 is 0. The second kappa shape index (κ2) is 5.48. The zero-order chi connectivity index (χ0) is 14.0. The van der Waals surface area contributed by atoms with Crippen LogP contribution in [0.1, 0.15) is 24.2 Å². The van der Waals surface area contributed by atoms with E-state index in [0.717, 1.165) is 13.1 Å². The molecule has 1 aliphatic heterocycles. The largest absolute Gasteiger partial charge is 0.504 e. The lowest BCUT2D eigenvalue weighted by atomic mass is 10.1. The molecule has 2 N–H and O–H groups in total. The highest BCUT2D eigenvalue weighted by Crippen LogP contribution is 2.25. The van der Waals surface area contributed by atoms with E-state index < -0.39 is 0 Å². The summed E-state index contributed by atoms with van der Waals surface area (Å²) in [4.78, 5) is 16.4. The first-order valence-electron chi connectivity index (χ1n) is 6.54. The normalized spacial score (nSPS) is 16.9. The molecule has 0 aliphatic carbocycles. The Hall–Kier alpha value is -1.75. The molecule has 0 bridgehead atoms. The highest BCUT2D eigenvalue weighted by molar-refractivity contribution is 5.95. The van der Waals surface area contributed by atoms with Gasteiger partial charge < -0.3 is 15.1 Å². The average molecular weight is 264 g/mol. The Balaban J connectivity index is 2.03. The minimum absolute atomic E-state index is 0.0984. The van der Waals surface area contributed by atoms with E-state index in [2.05, 4.69) is 18.7 Å². The van der Waals surface area contributed by atoms with Gasteiger partial charge in [-0.15, -0.1) is 0 Å². The zero-order valence-corrected chi connectivity index (χ0v) is 11.3. The fourth-order valence-electron chi connectivity index (χ4n) is 2.28. The summed E-state index contributed by atoms with van der Waals surface area (Å²) in [5.74, 6) is -0.563. The van der Waals surface area contributed by atoms with Gasteiger partial charge in [0.05, 0.1) is 0 Å². The first-order chi connectivity index (χ1) is 8.99. The second-order valence-electron chi connectivity index (χ2n) is 5.13. The number of hydrogen-bond donors (Lipinski definition) is 2. The first kappa shape index (κ1) is 13.7. The Labute approximate surface area is 113 Å². The average Bonchev–Trinajstić information content (AvgIpc) is 2.41. The number of nitrogens with zero attached hydrogens (tertiary/aromatic N) is 2. The van der Waals surface area contributed by atoms with Crippen LogP contribution in [0.3, 0.4) is 0 Å². The number of piperazine rings is 1. The van der Waals surface area contributed by atoms with Crippen LogP contribution in [-0.2, 0) is 0 Å². The van der Waals surface area contributed by atoms with Gasteiger partial charge in [-0.3, -0.25) is 9.69 Å². The molecule has 1 heterocycles. The molecule has 0 atom stereocenters. The van der Waals surface area contributed by atoms with Crippen LogP contribution in [-0.4, -0.2) is 58.1 Å². The monoisotopic (exact) mass is 264 g/mol. The molecule has 0 aromatic heterocycles. The fourth-order valence-corrected chi connectivity index (χ4v) is 2.28. The quantitative estimate of drug-likeness (QED) is 0.789. The van der Waals surface area contributed by atoms with E-state index in [1.807, 2.05) is 0 Å². The fraction of sp³-hybridized carbons (Fsp3) is 0.500. The molecular formula is C14H20N2O3. The number of aromatic hydroxyl groups is 2. The molecule has 0 radical (unpaired) electrons. The summed E-state index contributed by atoms with van der Waals surface area (Å²) in [6.45, 7) is 7.42. The predicted octanol–water partition coefficient (Wildman–Crippen LogP) is 1.26. The van der Waals surface area contributed by atoms with Crippen molar-refractivity contribution in [3.63, 3.8) is 0 Å². The number of phenolic OH excluding ortho intramolecular Hbond substituents is 2. The Bertz CT molecular complexity index is 466. The lowest BCUT2D eigenvalue weighted by molar-refractivity contribution is 0.0595. The van der Waals surface area contributed by atoms with Gasteiger partial charge >= 0.3 is 0 Å². The van der Waals surface area contributed by atoms with Crippen molar-refractivity contribution < 1.29 is 15.0 Å². The molecule has 2 rings (SSSR count). The Morgan fingerprint density at radius 3 is 2.26 bits per heavy atom. The predicted molar refractivity (Wildman–Crippen MR) is 72.4 cm³/mol. The topological polar surface area (TPSA) is 64.0 Å². The van der Waals surface area contributed by atoms with E-state index in [0.29, 0.717) is 24.7 Å². The Morgan fingerprint density at radius 1 is 1.11 bits per heavy atom. The molecule has 5 nitrogen and oxygen atoms in total.